The Morgan fingerprint density at radius 2 is 2.25 bits per heavy atom. The lowest BCUT2D eigenvalue weighted by atomic mass is 10.3. The minimum absolute atomic E-state index is 0.960. The monoisotopic (exact) mass is 219 g/mol. The molecule has 3 N–H and O–H groups in total. The zero-order chi connectivity index (χ0) is 10.8. The Hall–Kier alpha value is -1.55. The van der Waals surface area contributed by atoms with Gasteiger partial charge in [0.1, 0.15) is 24.1 Å². The van der Waals surface area contributed by atoms with Crippen molar-refractivity contribution in [2.45, 2.75) is 6.42 Å². The third-order valence-corrected chi connectivity index (χ3v) is 3.16. The van der Waals surface area contributed by atoms with E-state index in [2.05, 4.69) is 15.2 Å². The van der Waals surface area contributed by atoms with Crippen molar-refractivity contribution in [1.82, 2.24) is 0 Å². The molecule has 2 aromatic heterocycles. The smallest absolute Gasteiger partial charge is 0.285 e. The number of hydrogen-bond acceptors (Lipinski definition) is 2. The molecule has 0 aromatic carbocycles. The van der Waals surface area contributed by atoms with Crippen LogP contribution in [0.15, 0.2) is 29.0 Å². The average molecular weight is 219 g/mol. The van der Waals surface area contributed by atoms with E-state index in [1.54, 1.807) is 6.26 Å². The van der Waals surface area contributed by atoms with Gasteiger partial charge in [-0.2, -0.15) is 0 Å². The first-order valence-electron chi connectivity index (χ1n) is 5.90. The summed E-state index contributed by atoms with van der Waals surface area (Å²) in [6.07, 6.45) is 4.95. The molecule has 3 rings (SSSR count). The number of quaternary nitrogens is 1. The van der Waals surface area contributed by atoms with Crippen LogP contribution in [0.3, 0.4) is 0 Å². The Bertz CT molecular complexity index is 472. The third-order valence-electron chi connectivity index (χ3n) is 3.16. The van der Waals surface area contributed by atoms with Gasteiger partial charge in [0.05, 0.1) is 25.5 Å². The van der Waals surface area contributed by atoms with E-state index in [9.17, 15) is 0 Å². The predicted octanol–water partition coefficient (Wildman–Crippen LogP) is 0.0204. The van der Waals surface area contributed by atoms with E-state index in [4.69, 9.17) is 4.42 Å². The second-order valence-electron chi connectivity index (χ2n) is 4.23. The average Bonchev–Trinajstić information content (AvgIpc) is 2.63. The van der Waals surface area contributed by atoms with E-state index in [0.29, 0.717) is 0 Å². The lowest BCUT2D eigenvalue weighted by molar-refractivity contribution is -0.650. The van der Waals surface area contributed by atoms with Gasteiger partial charge in [-0.15, -0.1) is 0 Å². The van der Waals surface area contributed by atoms with E-state index in [-0.39, 0.29) is 0 Å². The fourth-order valence-corrected chi connectivity index (χ4v) is 2.33. The molecule has 16 heavy (non-hydrogen) atoms. The third kappa shape index (κ3) is 1.65. The number of hydrogen-bond donors (Lipinski definition) is 1. The Balaban J connectivity index is 2.00. The van der Waals surface area contributed by atoms with Crippen molar-refractivity contribution in [2.75, 3.05) is 31.1 Å². The van der Waals surface area contributed by atoms with Gasteiger partial charge in [0.15, 0.2) is 0 Å². The van der Waals surface area contributed by atoms with Crippen LogP contribution in [0.4, 0.5) is 5.82 Å². The maximum atomic E-state index is 5.43. The van der Waals surface area contributed by atoms with Gasteiger partial charge in [0.2, 0.25) is 0 Å². The van der Waals surface area contributed by atoms with Gasteiger partial charge in [0.25, 0.3) is 5.82 Å². The maximum absolute atomic E-state index is 5.43. The zero-order valence-electron chi connectivity index (χ0n) is 9.28. The molecule has 3 heterocycles. The summed E-state index contributed by atoms with van der Waals surface area (Å²) in [6, 6.07) is 4.01. The van der Waals surface area contributed by atoms with Crippen LogP contribution in [0.2, 0.25) is 0 Å². The molecule has 2 aromatic rings. The molecular formula is C12H17N3O+2. The molecule has 0 amide bonds. The minimum atomic E-state index is 0.960. The summed E-state index contributed by atoms with van der Waals surface area (Å²) < 4.78 is 5.43. The molecule has 0 aliphatic carbocycles. The summed E-state index contributed by atoms with van der Waals surface area (Å²) in [5, 5.41) is 3.57. The number of rotatable bonds is 1. The van der Waals surface area contributed by atoms with E-state index < -0.39 is 0 Å². The second kappa shape index (κ2) is 4.14. The first-order valence-corrected chi connectivity index (χ1v) is 5.90. The highest BCUT2D eigenvalue weighted by Gasteiger charge is 2.22. The van der Waals surface area contributed by atoms with Crippen molar-refractivity contribution in [1.29, 1.82) is 0 Å². The molecule has 0 atom stereocenters. The lowest BCUT2D eigenvalue weighted by Gasteiger charge is -2.12. The van der Waals surface area contributed by atoms with Crippen molar-refractivity contribution < 1.29 is 14.7 Å². The summed E-state index contributed by atoms with van der Waals surface area (Å²) in [4.78, 5) is 5.77. The van der Waals surface area contributed by atoms with E-state index in [1.165, 1.54) is 30.7 Å². The molecule has 0 saturated carbocycles. The molecule has 0 radical (unpaired) electrons. The molecular weight excluding hydrogens is 202 g/mol. The largest absolute Gasteiger partial charge is 0.464 e. The highest BCUT2D eigenvalue weighted by molar-refractivity contribution is 5.86. The number of nitrogens with two attached hydrogens (primary N) is 1. The Morgan fingerprint density at radius 1 is 1.25 bits per heavy atom. The number of H-pyrrole nitrogens is 1. The van der Waals surface area contributed by atoms with Crippen molar-refractivity contribution in [3.05, 3.63) is 24.6 Å². The molecule has 1 aliphatic rings. The van der Waals surface area contributed by atoms with Crippen LogP contribution in [0.1, 0.15) is 6.42 Å². The molecule has 0 bridgehead atoms. The zero-order valence-corrected chi connectivity index (χ0v) is 9.28. The number of nitrogens with zero attached hydrogens (tertiary/aromatic N) is 1. The summed E-state index contributed by atoms with van der Waals surface area (Å²) in [6.45, 7) is 4.62. The number of aromatic nitrogens is 1. The van der Waals surface area contributed by atoms with E-state index in [0.717, 1.165) is 18.7 Å². The van der Waals surface area contributed by atoms with Crippen molar-refractivity contribution in [3.8, 4) is 0 Å². The Kier molecular flexibility index (Phi) is 2.50. The highest BCUT2D eigenvalue weighted by atomic mass is 16.3. The first-order chi connectivity index (χ1) is 7.95. The van der Waals surface area contributed by atoms with Gasteiger partial charge in [0, 0.05) is 12.5 Å². The number of pyridine rings is 1. The molecule has 84 valence electrons. The minimum Gasteiger partial charge on any atom is -0.464 e. The molecule has 0 spiro atoms. The van der Waals surface area contributed by atoms with Crippen LogP contribution >= 0.6 is 0 Å². The van der Waals surface area contributed by atoms with Gasteiger partial charge in [-0.1, -0.05) is 0 Å². The van der Waals surface area contributed by atoms with E-state index >= 15 is 0 Å². The predicted molar refractivity (Wildman–Crippen MR) is 61.3 cm³/mol. The van der Waals surface area contributed by atoms with Crippen molar-refractivity contribution >= 4 is 16.8 Å². The van der Waals surface area contributed by atoms with Crippen LogP contribution in [0, 0.1) is 0 Å². The fourth-order valence-electron chi connectivity index (χ4n) is 2.33. The van der Waals surface area contributed by atoms with Crippen LogP contribution in [-0.2, 0) is 0 Å². The topological polar surface area (TPSA) is 47.1 Å². The normalized spacial score (nSPS) is 17.6. The summed E-state index contributed by atoms with van der Waals surface area (Å²) in [7, 11) is 0. The van der Waals surface area contributed by atoms with Gasteiger partial charge < -0.3 is 9.73 Å². The number of furan rings is 1. The van der Waals surface area contributed by atoms with Crippen LogP contribution in [0.5, 0.6) is 0 Å². The fraction of sp³-hybridized carbons (Fsp3) is 0.417. The lowest BCUT2D eigenvalue weighted by Crippen LogP contribution is -2.84. The molecule has 1 fully saturated rings. The number of anilines is 1. The number of fused-ring (bicyclic) bond motifs is 1. The Morgan fingerprint density at radius 3 is 3.25 bits per heavy atom. The van der Waals surface area contributed by atoms with E-state index in [1.807, 2.05) is 18.3 Å². The molecule has 1 aliphatic heterocycles. The van der Waals surface area contributed by atoms with Gasteiger partial charge in [-0.3, -0.25) is 4.90 Å². The number of nitrogens with one attached hydrogen (secondary N) is 1. The van der Waals surface area contributed by atoms with Crippen LogP contribution in [0.25, 0.3) is 11.0 Å². The summed E-state index contributed by atoms with van der Waals surface area (Å²) in [5.41, 5.74) is 0.960. The van der Waals surface area contributed by atoms with Crippen LogP contribution in [-0.4, -0.2) is 26.2 Å². The second-order valence-corrected chi connectivity index (χ2v) is 4.23. The Labute approximate surface area is 94.3 Å². The number of aromatic amines is 1. The van der Waals surface area contributed by atoms with Crippen molar-refractivity contribution in [2.24, 2.45) is 0 Å². The SMILES string of the molecule is c1cc2occc2c(N2CCC[NH2+]CC2)[nH+]1. The highest BCUT2D eigenvalue weighted by Crippen LogP contribution is 2.22. The first kappa shape index (κ1) is 9.66. The molecule has 4 nitrogen and oxygen atoms in total. The van der Waals surface area contributed by atoms with Gasteiger partial charge >= 0.3 is 0 Å². The molecule has 1 saturated heterocycles. The molecule has 4 heteroatoms. The van der Waals surface area contributed by atoms with Crippen LogP contribution < -0.4 is 15.2 Å². The van der Waals surface area contributed by atoms with Gasteiger partial charge in [-0.05, 0) is 6.07 Å². The summed E-state index contributed by atoms with van der Waals surface area (Å²) >= 11 is 0. The summed E-state index contributed by atoms with van der Waals surface area (Å²) in [5.74, 6) is 1.20. The maximum Gasteiger partial charge on any atom is 0.285 e. The van der Waals surface area contributed by atoms with Crippen molar-refractivity contribution in [3.63, 3.8) is 0 Å². The quantitative estimate of drug-likeness (QED) is 0.735. The standard InChI is InChI=1S/C12H15N3O/c1-4-13-6-8-15(7-1)12-10-3-9-16-11(10)2-5-14-12/h2-3,5,9,13H,1,4,6-8H2/p+2. The molecule has 0 unspecified atom stereocenters. The van der Waals surface area contributed by atoms with Gasteiger partial charge in [-0.25, -0.2) is 4.98 Å².